The molecule has 1 saturated heterocycles. The van der Waals surface area contributed by atoms with E-state index in [9.17, 15) is 9.50 Å². The van der Waals surface area contributed by atoms with Crippen molar-refractivity contribution in [3.05, 3.63) is 59.4 Å². The minimum atomic E-state index is -4.02. The van der Waals surface area contributed by atoms with Crippen LogP contribution >= 0.6 is 0 Å². The maximum atomic E-state index is 13.4. The van der Waals surface area contributed by atoms with Gasteiger partial charge in [0, 0.05) is 27.1 Å². The molecule has 2 aromatic carbocycles. The molecule has 27 heavy (non-hydrogen) atoms. The Morgan fingerprint density at radius 2 is 2.00 bits per heavy atom. The van der Waals surface area contributed by atoms with E-state index in [4.69, 9.17) is 32.8 Å². The monoisotopic (exact) mass is 390 g/mol. The van der Waals surface area contributed by atoms with Crippen LogP contribution in [0.3, 0.4) is 0 Å². The summed E-state index contributed by atoms with van der Waals surface area (Å²) in [6, 6.07) is 6.73. The van der Waals surface area contributed by atoms with Gasteiger partial charge in [-0.2, -0.15) is 0 Å². The van der Waals surface area contributed by atoms with Crippen molar-refractivity contribution >= 4 is 0 Å². The minimum Gasteiger partial charge on any atom is -0.493 e. The summed E-state index contributed by atoms with van der Waals surface area (Å²) in [7, 11) is -6.60. The number of hydrogen-bond donors (Lipinski definition) is 1. The summed E-state index contributed by atoms with van der Waals surface area (Å²) in [6.07, 6.45) is -11.9. The number of methoxy groups -OCH3 is 2. The molecular formula is C22H28FNO3. The maximum Gasteiger partial charge on any atom is 0.166 e. The molecular weight excluding hydrogens is 345 g/mol. The molecule has 1 aliphatic heterocycles. The number of ether oxygens (including phenoxy) is 2. The Morgan fingerprint density at radius 1 is 1.26 bits per heavy atom. The average molecular weight is 391 g/mol. The van der Waals surface area contributed by atoms with Crippen molar-refractivity contribution in [1.82, 2.24) is 4.90 Å². The van der Waals surface area contributed by atoms with Gasteiger partial charge in [-0.15, -0.1) is 0 Å². The molecule has 1 fully saturated rings. The smallest absolute Gasteiger partial charge is 0.166 e. The molecule has 1 heterocycles. The van der Waals surface area contributed by atoms with Crippen LogP contribution in [0.1, 0.15) is 53.3 Å². The van der Waals surface area contributed by atoms with Gasteiger partial charge in [0.15, 0.2) is 11.5 Å². The van der Waals surface area contributed by atoms with Gasteiger partial charge < -0.3 is 19.5 Å². The zero-order valence-electron chi connectivity index (χ0n) is 30.9. The van der Waals surface area contributed by atoms with Gasteiger partial charge in [-0.05, 0) is 61.8 Å². The number of rotatable bonds is 7. The number of hydrogen-bond acceptors (Lipinski definition) is 4. The Bertz CT molecular complexity index is 1330. The van der Waals surface area contributed by atoms with Gasteiger partial charge in [0.05, 0.1) is 28.4 Å². The summed E-state index contributed by atoms with van der Waals surface area (Å²) in [5, 5.41) is 11.5. The number of nitrogens with zero attached hydrogens (tertiary/aromatic N) is 1. The molecule has 0 radical (unpaired) electrons. The molecule has 0 saturated carbocycles. The normalized spacial score (nSPS) is 36.3. The zero-order chi connectivity index (χ0) is 34.1. The lowest BCUT2D eigenvalue weighted by molar-refractivity contribution is 0.0573. The van der Waals surface area contributed by atoms with E-state index in [1.54, 1.807) is 0 Å². The molecule has 146 valence electrons. The number of likely N-dealkylation sites (tertiary alicyclic amines) is 1. The highest BCUT2D eigenvalue weighted by atomic mass is 19.1. The lowest BCUT2D eigenvalue weighted by Crippen LogP contribution is -2.36. The summed E-state index contributed by atoms with van der Waals surface area (Å²) >= 11 is 0. The van der Waals surface area contributed by atoms with Crippen LogP contribution in [0.2, 0.25) is 0 Å². The van der Waals surface area contributed by atoms with E-state index in [0.29, 0.717) is 0 Å². The first-order valence-corrected chi connectivity index (χ1v) is 7.78. The Hall–Kier alpha value is -2.11. The number of para-hydroxylation sites is 1. The highest BCUT2D eigenvalue weighted by Crippen LogP contribution is 2.39. The fourth-order valence-corrected chi connectivity index (χ4v) is 2.37. The average Bonchev–Trinajstić information content (AvgIpc) is 2.82. The summed E-state index contributed by atoms with van der Waals surface area (Å²) in [5.74, 6) is -6.61. The Balaban J connectivity index is 2.27. The summed E-state index contributed by atoms with van der Waals surface area (Å²) in [5.41, 5.74) is -0.954. The van der Waals surface area contributed by atoms with Crippen LogP contribution in [0.25, 0.3) is 0 Å². The first-order chi connectivity index (χ1) is 19.5. The lowest BCUT2D eigenvalue weighted by Gasteiger charge is -2.34. The summed E-state index contributed by atoms with van der Waals surface area (Å²) in [6.45, 7) is -11.1. The van der Waals surface area contributed by atoms with E-state index in [2.05, 4.69) is 0 Å². The number of piperidine rings is 1. The van der Waals surface area contributed by atoms with Crippen LogP contribution in [0, 0.1) is 11.7 Å². The van der Waals surface area contributed by atoms with Crippen molar-refractivity contribution in [1.29, 1.82) is 0 Å². The van der Waals surface area contributed by atoms with Gasteiger partial charge in [0.25, 0.3) is 0 Å². The molecule has 1 atom stereocenters. The van der Waals surface area contributed by atoms with E-state index in [0.717, 1.165) is 42.5 Å². The van der Waals surface area contributed by atoms with E-state index < -0.39 is 87.6 Å². The second-order valence-electron chi connectivity index (χ2n) is 5.47. The topological polar surface area (TPSA) is 41.9 Å². The molecule has 1 N–H and O–H groups in total. The molecule has 4 nitrogen and oxygen atoms in total. The van der Waals surface area contributed by atoms with E-state index >= 15 is 0 Å². The Labute approximate surface area is 184 Å². The largest absolute Gasteiger partial charge is 0.493 e. The van der Waals surface area contributed by atoms with Crippen molar-refractivity contribution in [3.8, 4) is 11.5 Å². The second kappa shape index (κ2) is 9.20. The zero-order valence-corrected chi connectivity index (χ0v) is 13.9. The van der Waals surface area contributed by atoms with Crippen LogP contribution in [0.5, 0.6) is 11.5 Å². The standard InChI is InChI=1S/C22H28FNO3/c1-26-20-5-3-4-19(22(20)27-2)21(25)17-11-14-24(15-12-17)13-10-16-6-8-18(23)9-7-16/h3-9,17,21,25H,10-15H2,1-2H3/t21-/m1/s1/i1D3,2D3,11D2,12D2,13D2,14D2,15D2,17D. The SMILES string of the molecule is [2H]C([2H])([2H])Oc1cccc([C@H](O)C2([2H])C([2H])([2H])C([2H])([2H])N(C([2H])([2H])Cc3ccc(F)cc3)C([2H])([2H])C2([2H])[2H])c1OC([2H])([2H])[2H]. The molecule has 2 aromatic rings. The second-order valence-corrected chi connectivity index (χ2v) is 5.47. The van der Waals surface area contributed by atoms with Crippen molar-refractivity contribution in [3.63, 3.8) is 0 Å². The van der Waals surface area contributed by atoms with Crippen LogP contribution in [0.15, 0.2) is 42.5 Å². The van der Waals surface area contributed by atoms with Gasteiger partial charge in [-0.1, -0.05) is 24.3 Å². The van der Waals surface area contributed by atoms with Crippen LogP contribution in [0.4, 0.5) is 4.39 Å². The minimum absolute atomic E-state index is 0.00407. The quantitative estimate of drug-likeness (QED) is 0.780. The third-order valence-electron chi connectivity index (χ3n) is 3.75. The molecule has 5 heteroatoms. The van der Waals surface area contributed by atoms with Gasteiger partial charge in [0.2, 0.25) is 0 Å². The first-order valence-electron chi connectivity index (χ1n) is 16.3. The predicted octanol–water partition coefficient (Wildman–Crippen LogP) is 3.83. The molecule has 0 spiro atoms. The molecule has 0 unspecified atom stereocenters. The molecule has 0 aromatic heterocycles. The highest BCUT2D eigenvalue weighted by Gasteiger charge is 2.28. The predicted molar refractivity (Wildman–Crippen MR) is 104 cm³/mol. The van der Waals surface area contributed by atoms with Crippen LogP contribution in [-0.2, 0) is 6.42 Å². The number of aliphatic hydroxyl groups excluding tert-OH is 1. The fraction of sp³-hybridized carbons (Fsp3) is 0.455. The number of aryl methyl sites for hydroxylation is 1. The van der Waals surface area contributed by atoms with Crippen LogP contribution < -0.4 is 9.47 Å². The molecule has 0 amide bonds. The summed E-state index contributed by atoms with van der Waals surface area (Å²) < 4.78 is 162. The molecule has 0 aliphatic carbocycles. The third-order valence-corrected chi connectivity index (χ3v) is 3.75. The molecule has 3 rings (SSSR count). The number of aliphatic hydroxyl groups is 1. The lowest BCUT2D eigenvalue weighted by atomic mass is 9.87. The van der Waals surface area contributed by atoms with E-state index in [1.807, 2.05) is 0 Å². The van der Waals surface area contributed by atoms with Crippen LogP contribution in [-0.4, -0.2) is 43.6 Å². The molecule has 0 bridgehead atoms. The van der Waals surface area contributed by atoms with E-state index in [-0.39, 0.29) is 10.5 Å². The van der Waals surface area contributed by atoms with Crippen molar-refractivity contribution < 1.29 is 42.3 Å². The number of halogens is 1. The van der Waals surface area contributed by atoms with Crippen molar-refractivity contribution in [2.75, 3.05) is 33.6 Å². The van der Waals surface area contributed by atoms with Crippen molar-refractivity contribution in [2.24, 2.45) is 5.89 Å². The Morgan fingerprint density at radius 3 is 2.70 bits per heavy atom. The Kier molecular flexibility index (Phi) is 2.51. The highest BCUT2D eigenvalue weighted by molar-refractivity contribution is 5.47. The first kappa shape index (κ1) is 7.37. The van der Waals surface area contributed by atoms with Gasteiger partial charge in [-0.25, -0.2) is 4.39 Å². The summed E-state index contributed by atoms with van der Waals surface area (Å²) in [4.78, 5) is -0.357. The van der Waals surface area contributed by atoms with E-state index in [1.165, 1.54) is 0 Å². The van der Waals surface area contributed by atoms with Gasteiger partial charge in [-0.3, -0.25) is 0 Å². The van der Waals surface area contributed by atoms with Gasteiger partial charge in [0.1, 0.15) is 5.82 Å². The number of benzene rings is 2. The third kappa shape index (κ3) is 4.79. The molecule has 1 aliphatic rings. The fourth-order valence-electron chi connectivity index (χ4n) is 2.37. The maximum absolute atomic E-state index is 13.4. The van der Waals surface area contributed by atoms with Crippen molar-refractivity contribution in [2.45, 2.75) is 25.3 Å². The van der Waals surface area contributed by atoms with Gasteiger partial charge >= 0.3 is 0 Å².